The van der Waals surface area contributed by atoms with Gasteiger partial charge >= 0.3 is 5.97 Å². The van der Waals surface area contributed by atoms with Crippen LogP contribution in [0, 0.1) is 5.41 Å². The standard InChI is InChI=1S/C11H20O7/c1-11(2,3)10(16)18-9-8(15)7(14)6(13)5(4-12)17-9/h5-9,12-15H,4H2,1-3H3/t5-,6-,7+,8-,9+/m1/s1. The van der Waals surface area contributed by atoms with Gasteiger partial charge in [0.1, 0.15) is 24.4 Å². The number of rotatable bonds is 2. The zero-order valence-corrected chi connectivity index (χ0v) is 10.6. The van der Waals surface area contributed by atoms with Crippen molar-refractivity contribution in [3.05, 3.63) is 0 Å². The molecule has 0 unspecified atom stereocenters. The smallest absolute Gasteiger partial charge is 0.313 e. The van der Waals surface area contributed by atoms with E-state index in [0.717, 1.165) is 0 Å². The fourth-order valence-corrected chi connectivity index (χ4v) is 1.45. The number of carbonyl (C=O) groups is 1. The Morgan fingerprint density at radius 1 is 1.17 bits per heavy atom. The van der Waals surface area contributed by atoms with Crippen molar-refractivity contribution in [1.29, 1.82) is 0 Å². The lowest BCUT2D eigenvalue weighted by molar-refractivity contribution is -0.294. The van der Waals surface area contributed by atoms with E-state index in [-0.39, 0.29) is 0 Å². The maximum absolute atomic E-state index is 11.6. The quantitative estimate of drug-likeness (QED) is 0.443. The van der Waals surface area contributed by atoms with Crippen molar-refractivity contribution < 1.29 is 34.7 Å². The molecule has 0 aromatic rings. The molecule has 1 fully saturated rings. The summed E-state index contributed by atoms with van der Waals surface area (Å²) in [6.07, 6.45) is -7.06. The number of ether oxygens (including phenoxy) is 2. The molecule has 1 aliphatic rings. The summed E-state index contributed by atoms with van der Waals surface area (Å²) in [5.41, 5.74) is -0.793. The Bertz CT molecular complexity index is 296. The molecule has 0 aliphatic carbocycles. The third kappa shape index (κ3) is 3.18. The topological polar surface area (TPSA) is 116 Å². The highest BCUT2D eigenvalue weighted by atomic mass is 16.7. The third-order valence-corrected chi connectivity index (χ3v) is 2.68. The van der Waals surface area contributed by atoms with E-state index in [1.54, 1.807) is 20.8 Å². The minimum atomic E-state index is -1.56. The summed E-state index contributed by atoms with van der Waals surface area (Å²) in [7, 11) is 0. The molecule has 0 spiro atoms. The van der Waals surface area contributed by atoms with Gasteiger partial charge in [-0.25, -0.2) is 0 Å². The maximum atomic E-state index is 11.6. The normalized spacial score (nSPS) is 37.4. The zero-order valence-electron chi connectivity index (χ0n) is 10.6. The highest BCUT2D eigenvalue weighted by molar-refractivity contribution is 5.75. The monoisotopic (exact) mass is 264 g/mol. The summed E-state index contributed by atoms with van der Waals surface area (Å²) in [5, 5.41) is 37.6. The lowest BCUT2D eigenvalue weighted by Gasteiger charge is -2.39. The van der Waals surface area contributed by atoms with Crippen LogP contribution in [-0.2, 0) is 14.3 Å². The number of hydrogen-bond donors (Lipinski definition) is 4. The SMILES string of the molecule is CC(C)(C)C(=O)O[C@@H]1O[C@H](CO)[C@@H](O)[C@H](O)[C@H]1O. The summed E-state index contributed by atoms with van der Waals surface area (Å²) < 4.78 is 9.97. The Morgan fingerprint density at radius 3 is 2.17 bits per heavy atom. The van der Waals surface area contributed by atoms with Crippen molar-refractivity contribution >= 4 is 5.97 Å². The highest BCUT2D eigenvalue weighted by Crippen LogP contribution is 2.24. The van der Waals surface area contributed by atoms with E-state index in [2.05, 4.69) is 0 Å². The fourth-order valence-electron chi connectivity index (χ4n) is 1.45. The van der Waals surface area contributed by atoms with Crippen LogP contribution < -0.4 is 0 Å². The largest absolute Gasteiger partial charge is 0.432 e. The molecule has 0 radical (unpaired) electrons. The molecule has 1 rings (SSSR count). The van der Waals surface area contributed by atoms with Crippen molar-refractivity contribution in [2.45, 2.75) is 51.5 Å². The Hall–Kier alpha value is -0.730. The first-order chi connectivity index (χ1) is 8.18. The Balaban J connectivity index is 2.74. The van der Waals surface area contributed by atoms with Gasteiger partial charge in [-0.3, -0.25) is 4.79 Å². The second kappa shape index (κ2) is 5.50. The summed E-state index contributed by atoms with van der Waals surface area (Å²) in [5.74, 6) is -0.619. The van der Waals surface area contributed by atoms with Crippen LogP contribution in [0.25, 0.3) is 0 Å². The van der Waals surface area contributed by atoms with Crippen LogP contribution in [0.3, 0.4) is 0 Å². The fraction of sp³-hybridized carbons (Fsp3) is 0.909. The molecule has 0 amide bonds. The van der Waals surface area contributed by atoms with Crippen molar-refractivity contribution in [2.24, 2.45) is 5.41 Å². The first-order valence-corrected chi connectivity index (χ1v) is 5.70. The average molecular weight is 264 g/mol. The number of aliphatic hydroxyl groups is 4. The molecular formula is C11H20O7. The molecule has 1 aliphatic heterocycles. The van der Waals surface area contributed by atoms with Gasteiger partial charge in [0, 0.05) is 0 Å². The molecule has 5 atom stereocenters. The molecule has 0 bridgehead atoms. The third-order valence-electron chi connectivity index (χ3n) is 2.68. The molecule has 106 valence electrons. The Kier molecular flexibility index (Phi) is 4.68. The summed E-state index contributed by atoms with van der Waals surface area (Å²) >= 11 is 0. The molecule has 1 saturated heterocycles. The molecule has 0 aromatic heterocycles. The van der Waals surface area contributed by atoms with Gasteiger partial charge in [-0.15, -0.1) is 0 Å². The number of hydrogen-bond acceptors (Lipinski definition) is 7. The Labute approximate surface area is 105 Å². The van der Waals surface area contributed by atoms with Crippen molar-refractivity contribution in [1.82, 2.24) is 0 Å². The molecule has 4 N–H and O–H groups in total. The number of carbonyl (C=O) groups excluding carboxylic acids is 1. The summed E-state index contributed by atoms with van der Waals surface area (Å²) in [6, 6.07) is 0. The van der Waals surface area contributed by atoms with Gasteiger partial charge in [0.25, 0.3) is 0 Å². The van der Waals surface area contributed by atoms with Gasteiger partial charge < -0.3 is 29.9 Å². The van der Waals surface area contributed by atoms with Crippen LogP contribution in [0.15, 0.2) is 0 Å². The predicted octanol–water partition coefficient (Wildman–Crippen LogP) is -1.62. The van der Waals surface area contributed by atoms with Gasteiger partial charge in [0.05, 0.1) is 12.0 Å². The molecule has 0 saturated carbocycles. The molecule has 7 nitrogen and oxygen atoms in total. The summed E-state index contributed by atoms with van der Waals surface area (Å²) in [4.78, 5) is 11.6. The van der Waals surface area contributed by atoms with Crippen LogP contribution >= 0.6 is 0 Å². The van der Waals surface area contributed by atoms with Crippen LogP contribution in [0.2, 0.25) is 0 Å². The van der Waals surface area contributed by atoms with Crippen LogP contribution in [-0.4, -0.2) is 63.7 Å². The highest BCUT2D eigenvalue weighted by Gasteiger charge is 2.46. The molecule has 0 aromatic carbocycles. The van der Waals surface area contributed by atoms with Gasteiger partial charge in [0.2, 0.25) is 6.29 Å². The second-order valence-electron chi connectivity index (χ2n) is 5.35. The predicted molar refractivity (Wildman–Crippen MR) is 59.3 cm³/mol. The average Bonchev–Trinajstić information content (AvgIpc) is 2.28. The molecule has 7 heteroatoms. The molecule has 1 heterocycles. The first kappa shape index (κ1) is 15.3. The van der Waals surface area contributed by atoms with Crippen LogP contribution in [0.4, 0.5) is 0 Å². The minimum Gasteiger partial charge on any atom is -0.432 e. The van der Waals surface area contributed by atoms with Gasteiger partial charge in [-0.2, -0.15) is 0 Å². The van der Waals surface area contributed by atoms with Gasteiger partial charge in [-0.1, -0.05) is 0 Å². The number of esters is 1. The van der Waals surface area contributed by atoms with E-state index < -0.39 is 48.7 Å². The van der Waals surface area contributed by atoms with E-state index in [9.17, 15) is 20.1 Å². The maximum Gasteiger partial charge on any atom is 0.313 e. The first-order valence-electron chi connectivity index (χ1n) is 5.70. The van der Waals surface area contributed by atoms with Crippen LogP contribution in [0.1, 0.15) is 20.8 Å². The lowest BCUT2D eigenvalue weighted by Crippen LogP contribution is -2.59. The molecular weight excluding hydrogens is 244 g/mol. The van der Waals surface area contributed by atoms with E-state index in [1.807, 2.05) is 0 Å². The van der Waals surface area contributed by atoms with Gasteiger partial charge in [0.15, 0.2) is 0 Å². The lowest BCUT2D eigenvalue weighted by atomic mass is 9.96. The van der Waals surface area contributed by atoms with E-state index in [1.165, 1.54) is 0 Å². The summed E-state index contributed by atoms with van der Waals surface area (Å²) in [6.45, 7) is 4.31. The van der Waals surface area contributed by atoms with Crippen LogP contribution in [0.5, 0.6) is 0 Å². The number of aliphatic hydroxyl groups excluding tert-OH is 4. The van der Waals surface area contributed by atoms with E-state index >= 15 is 0 Å². The zero-order chi connectivity index (χ0) is 14.1. The minimum absolute atomic E-state index is 0.561. The Morgan fingerprint density at radius 2 is 1.72 bits per heavy atom. The van der Waals surface area contributed by atoms with E-state index in [4.69, 9.17) is 14.6 Å². The van der Waals surface area contributed by atoms with Crippen molar-refractivity contribution in [3.8, 4) is 0 Å². The second-order valence-corrected chi connectivity index (χ2v) is 5.35. The molecule has 18 heavy (non-hydrogen) atoms. The van der Waals surface area contributed by atoms with E-state index in [0.29, 0.717) is 0 Å². The van der Waals surface area contributed by atoms with Crippen molar-refractivity contribution in [2.75, 3.05) is 6.61 Å². The van der Waals surface area contributed by atoms with Gasteiger partial charge in [-0.05, 0) is 20.8 Å². The van der Waals surface area contributed by atoms with Crippen molar-refractivity contribution in [3.63, 3.8) is 0 Å².